The van der Waals surface area contributed by atoms with Gasteiger partial charge in [0.05, 0.1) is 6.04 Å². The zero-order chi connectivity index (χ0) is 16.8. The Balaban J connectivity index is 1.94. The lowest BCUT2D eigenvalue weighted by atomic mass is 10.0. The minimum Gasteiger partial charge on any atom is -0.339 e. The summed E-state index contributed by atoms with van der Waals surface area (Å²) in [5.74, 6) is -0.326. The zero-order valence-corrected chi connectivity index (χ0v) is 13.6. The predicted molar refractivity (Wildman–Crippen MR) is 90.2 cm³/mol. The van der Waals surface area contributed by atoms with Crippen LogP contribution < -0.4 is 5.73 Å². The van der Waals surface area contributed by atoms with Gasteiger partial charge in [-0.3, -0.25) is 4.79 Å². The number of hydrogen-bond acceptors (Lipinski definition) is 2. The number of nitrogens with zero attached hydrogens (tertiary/aromatic N) is 1. The van der Waals surface area contributed by atoms with Crippen molar-refractivity contribution in [3.05, 3.63) is 71.5 Å². The Kier molecular flexibility index (Phi) is 5.88. The SMILES string of the molecule is C[C@@H](c1ccccc1F)N(C)C(=O)CC[C@@H](N)c1ccccc1. The quantitative estimate of drug-likeness (QED) is 0.881. The van der Waals surface area contributed by atoms with Crippen LogP contribution in [0.15, 0.2) is 54.6 Å². The lowest BCUT2D eigenvalue weighted by Crippen LogP contribution is -2.30. The van der Waals surface area contributed by atoms with E-state index >= 15 is 0 Å². The average molecular weight is 314 g/mol. The van der Waals surface area contributed by atoms with Gasteiger partial charge in [-0.15, -0.1) is 0 Å². The second kappa shape index (κ2) is 7.88. The molecule has 0 heterocycles. The molecule has 0 aliphatic carbocycles. The van der Waals surface area contributed by atoms with E-state index in [2.05, 4.69) is 0 Å². The van der Waals surface area contributed by atoms with Gasteiger partial charge in [-0.25, -0.2) is 4.39 Å². The van der Waals surface area contributed by atoms with Crippen LogP contribution >= 0.6 is 0 Å². The van der Waals surface area contributed by atoms with Gasteiger partial charge in [0.1, 0.15) is 5.82 Å². The number of carbonyl (C=O) groups excluding carboxylic acids is 1. The molecule has 2 aromatic rings. The molecule has 4 heteroatoms. The standard InChI is InChI=1S/C19H23FN2O/c1-14(16-10-6-7-11-17(16)20)22(2)19(23)13-12-18(21)15-8-4-3-5-9-15/h3-11,14,18H,12-13,21H2,1-2H3/t14-,18+/m0/s1. The van der Waals surface area contributed by atoms with E-state index in [-0.39, 0.29) is 23.8 Å². The molecule has 0 saturated heterocycles. The third-order valence-corrected chi connectivity index (χ3v) is 4.23. The normalized spacial score (nSPS) is 13.4. The Labute approximate surface area is 136 Å². The van der Waals surface area contributed by atoms with E-state index in [0.29, 0.717) is 18.4 Å². The molecule has 0 radical (unpaired) electrons. The van der Waals surface area contributed by atoms with Gasteiger partial charge >= 0.3 is 0 Å². The van der Waals surface area contributed by atoms with Crippen LogP contribution in [0.25, 0.3) is 0 Å². The molecule has 0 unspecified atom stereocenters. The maximum atomic E-state index is 13.8. The predicted octanol–water partition coefficient (Wildman–Crippen LogP) is 3.83. The van der Waals surface area contributed by atoms with Crippen LogP contribution in [0.4, 0.5) is 4.39 Å². The molecule has 0 aliphatic rings. The Bertz CT molecular complexity index is 645. The number of rotatable bonds is 6. The smallest absolute Gasteiger partial charge is 0.222 e. The van der Waals surface area contributed by atoms with Gasteiger partial charge in [0.2, 0.25) is 5.91 Å². The zero-order valence-electron chi connectivity index (χ0n) is 13.6. The molecule has 2 aromatic carbocycles. The van der Waals surface area contributed by atoms with Gasteiger partial charge < -0.3 is 10.6 Å². The van der Waals surface area contributed by atoms with Crippen molar-refractivity contribution in [2.24, 2.45) is 5.73 Å². The molecule has 0 aromatic heterocycles. The molecular formula is C19H23FN2O. The average Bonchev–Trinajstić information content (AvgIpc) is 2.59. The minimum absolute atomic E-state index is 0.0351. The molecule has 0 fully saturated rings. The number of halogens is 1. The highest BCUT2D eigenvalue weighted by Gasteiger charge is 2.20. The van der Waals surface area contributed by atoms with Gasteiger partial charge in [-0.05, 0) is 25.0 Å². The lowest BCUT2D eigenvalue weighted by molar-refractivity contribution is -0.132. The summed E-state index contributed by atoms with van der Waals surface area (Å²) in [6.07, 6.45) is 0.905. The molecule has 2 rings (SSSR count). The van der Waals surface area contributed by atoms with Crippen molar-refractivity contribution in [2.75, 3.05) is 7.05 Å². The molecule has 23 heavy (non-hydrogen) atoms. The van der Waals surface area contributed by atoms with E-state index in [1.54, 1.807) is 30.1 Å². The number of nitrogens with two attached hydrogens (primary N) is 1. The molecule has 2 N–H and O–H groups in total. The minimum atomic E-state index is -0.309. The first-order chi connectivity index (χ1) is 11.0. The Morgan fingerprint density at radius 2 is 1.74 bits per heavy atom. The van der Waals surface area contributed by atoms with Crippen LogP contribution in [0.2, 0.25) is 0 Å². The summed E-state index contributed by atoms with van der Waals surface area (Å²) in [6.45, 7) is 1.83. The van der Waals surface area contributed by atoms with Gasteiger partial charge in [-0.1, -0.05) is 48.5 Å². The third-order valence-electron chi connectivity index (χ3n) is 4.23. The summed E-state index contributed by atoms with van der Waals surface area (Å²) >= 11 is 0. The monoisotopic (exact) mass is 314 g/mol. The summed E-state index contributed by atoms with van der Waals surface area (Å²) < 4.78 is 13.8. The molecule has 3 nitrogen and oxygen atoms in total. The number of carbonyl (C=O) groups is 1. The topological polar surface area (TPSA) is 46.3 Å². The fraction of sp³-hybridized carbons (Fsp3) is 0.316. The Morgan fingerprint density at radius 1 is 1.13 bits per heavy atom. The van der Waals surface area contributed by atoms with E-state index in [4.69, 9.17) is 5.73 Å². The van der Waals surface area contributed by atoms with E-state index < -0.39 is 0 Å². The fourth-order valence-corrected chi connectivity index (χ4v) is 2.56. The molecule has 0 aliphatic heterocycles. The summed E-state index contributed by atoms with van der Waals surface area (Å²) in [5, 5.41) is 0. The highest BCUT2D eigenvalue weighted by molar-refractivity contribution is 5.76. The van der Waals surface area contributed by atoms with Crippen molar-refractivity contribution in [3.8, 4) is 0 Å². The summed E-state index contributed by atoms with van der Waals surface area (Å²) in [4.78, 5) is 13.9. The molecule has 0 bridgehead atoms. The molecule has 1 amide bonds. The molecule has 122 valence electrons. The van der Waals surface area contributed by atoms with Crippen molar-refractivity contribution in [2.45, 2.75) is 31.8 Å². The van der Waals surface area contributed by atoms with E-state index in [1.165, 1.54) is 6.07 Å². The lowest BCUT2D eigenvalue weighted by Gasteiger charge is -2.26. The van der Waals surface area contributed by atoms with Crippen LogP contribution in [0.1, 0.15) is 43.0 Å². The summed E-state index contributed by atoms with van der Waals surface area (Å²) in [7, 11) is 1.70. The van der Waals surface area contributed by atoms with Crippen molar-refractivity contribution in [1.82, 2.24) is 4.90 Å². The number of amides is 1. The van der Waals surface area contributed by atoms with Crippen LogP contribution in [0.5, 0.6) is 0 Å². The number of benzene rings is 2. The van der Waals surface area contributed by atoms with Crippen molar-refractivity contribution >= 4 is 5.91 Å². The second-order valence-corrected chi connectivity index (χ2v) is 5.76. The van der Waals surface area contributed by atoms with Gasteiger partial charge in [0.15, 0.2) is 0 Å². The van der Waals surface area contributed by atoms with Crippen LogP contribution in [-0.4, -0.2) is 17.9 Å². The Morgan fingerprint density at radius 3 is 2.39 bits per heavy atom. The first-order valence-electron chi connectivity index (χ1n) is 7.81. The van der Waals surface area contributed by atoms with Gasteiger partial charge in [0.25, 0.3) is 0 Å². The van der Waals surface area contributed by atoms with E-state index in [1.807, 2.05) is 37.3 Å². The molecular weight excluding hydrogens is 291 g/mol. The highest BCUT2D eigenvalue weighted by Crippen LogP contribution is 2.23. The molecule has 0 saturated carbocycles. The van der Waals surface area contributed by atoms with Crippen molar-refractivity contribution < 1.29 is 9.18 Å². The Hall–Kier alpha value is -2.20. The highest BCUT2D eigenvalue weighted by atomic mass is 19.1. The van der Waals surface area contributed by atoms with E-state index in [0.717, 1.165) is 5.56 Å². The molecule has 2 atom stereocenters. The third kappa shape index (κ3) is 4.39. The fourth-order valence-electron chi connectivity index (χ4n) is 2.56. The van der Waals surface area contributed by atoms with Crippen LogP contribution in [0, 0.1) is 5.82 Å². The molecule has 0 spiro atoms. The maximum Gasteiger partial charge on any atom is 0.222 e. The first kappa shape index (κ1) is 17.2. The summed E-state index contributed by atoms with van der Waals surface area (Å²) in [5.41, 5.74) is 7.67. The van der Waals surface area contributed by atoms with Crippen LogP contribution in [0.3, 0.4) is 0 Å². The largest absolute Gasteiger partial charge is 0.339 e. The van der Waals surface area contributed by atoms with Gasteiger partial charge in [0, 0.05) is 25.1 Å². The van der Waals surface area contributed by atoms with Gasteiger partial charge in [-0.2, -0.15) is 0 Å². The van der Waals surface area contributed by atoms with Crippen LogP contribution in [-0.2, 0) is 4.79 Å². The van der Waals surface area contributed by atoms with Crippen molar-refractivity contribution in [3.63, 3.8) is 0 Å². The van der Waals surface area contributed by atoms with E-state index in [9.17, 15) is 9.18 Å². The second-order valence-electron chi connectivity index (χ2n) is 5.76. The van der Waals surface area contributed by atoms with Crippen molar-refractivity contribution in [1.29, 1.82) is 0 Å². The summed E-state index contributed by atoms with van der Waals surface area (Å²) in [6, 6.07) is 15.8. The maximum absolute atomic E-state index is 13.8. The number of hydrogen-bond donors (Lipinski definition) is 1. The first-order valence-corrected chi connectivity index (χ1v) is 7.81.